The van der Waals surface area contributed by atoms with Crippen molar-refractivity contribution in [1.82, 2.24) is 0 Å². The minimum absolute atomic E-state index is 0.141. The zero-order valence-corrected chi connectivity index (χ0v) is 45.8. The number of benzene rings is 12. The molecule has 0 saturated heterocycles. The third-order valence-electron chi connectivity index (χ3n) is 16.7. The first kappa shape index (κ1) is 52.3. The van der Waals surface area contributed by atoms with Crippen LogP contribution in [0.25, 0.3) is 45.5 Å². The summed E-state index contributed by atoms with van der Waals surface area (Å²) in [6.07, 6.45) is 3.54. The average molecular weight is 1110 g/mol. The molecule has 408 valence electrons. The fraction of sp³-hybridized carbons (Fsp3) is 0.0256. The lowest BCUT2D eigenvalue weighted by Crippen LogP contribution is -2.30. The Morgan fingerprint density at radius 2 is 0.671 bits per heavy atom. The minimum Gasteiger partial charge on any atom is -0.457 e. The molecule has 2 unspecified atom stereocenters. The van der Waals surface area contributed by atoms with Gasteiger partial charge in [0.2, 0.25) is 0 Å². The normalized spacial score (nSPS) is 15.2. The predicted octanol–water partition coefficient (Wildman–Crippen LogP) is 21.0. The lowest BCUT2D eigenvalue weighted by Gasteiger charge is -2.36. The van der Waals surface area contributed by atoms with E-state index in [1.807, 2.05) is 164 Å². The summed E-state index contributed by atoms with van der Waals surface area (Å²) >= 11 is 0. The maximum Gasteiger partial charge on any atom is 0.128 e. The molecule has 14 rings (SSSR count). The molecule has 0 heterocycles. The Hall–Kier alpha value is -10.8. The summed E-state index contributed by atoms with van der Waals surface area (Å²) in [5.41, 5.74) is 11.4. The van der Waals surface area contributed by atoms with Gasteiger partial charge >= 0.3 is 0 Å². The lowest BCUT2D eigenvalue weighted by atomic mass is 9.67. The summed E-state index contributed by atoms with van der Waals surface area (Å²) in [4.78, 5) is 2.14. The maximum atomic E-state index is 17.3. The largest absolute Gasteiger partial charge is 0.457 e. The number of ether oxygens (including phenoxy) is 2. The standard InChI is InChI=1S/C78H51F4NO2/c1-3-50-18-34-61(35-19-50)84-63-38-24-54(25-39-63)77(73-46-56(79)28-44-75(73)81)69-16-10-8-14-65(69)67-42-32-59(48-71(67)77)83(58-30-22-53(23-31-58)52-12-6-5-7-13-52)60-33-43-68-66-15-9-11-17-70(66)78(72(68)49-60,74-47-57(80)29-45-76(74)82)55-26-40-64(41-27-55)85-62-36-20-51(4-2)21-37-62/h3-49H,1-2H2. The number of rotatable bonds is 14. The van der Waals surface area contributed by atoms with E-state index in [2.05, 4.69) is 90.9 Å². The molecule has 0 saturated carbocycles. The van der Waals surface area contributed by atoms with Gasteiger partial charge in [-0.25, -0.2) is 17.6 Å². The predicted molar refractivity (Wildman–Crippen MR) is 334 cm³/mol. The molecule has 0 N–H and O–H groups in total. The molecule has 0 aliphatic heterocycles. The number of hydrogen-bond donors (Lipinski definition) is 0. The van der Waals surface area contributed by atoms with Crippen LogP contribution < -0.4 is 14.4 Å². The summed E-state index contributed by atoms with van der Waals surface area (Å²) in [5.74, 6) is 0.0518. The van der Waals surface area contributed by atoms with E-state index in [9.17, 15) is 0 Å². The Kier molecular flexibility index (Phi) is 13.1. The quantitative estimate of drug-likeness (QED) is 0.101. The van der Waals surface area contributed by atoms with Crippen molar-refractivity contribution >= 4 is 29.2 Å². The van der Waals surface area contributed by atoms with E-state index in [1.54, 1.807) is 12.2 Å². The smallest absolute Gasteiger partial charge is 0.128 e. The van der Waals surface area contributed by atoms with Gasteiger partial charge in [0, 0.05) is 28.2 Å². The van der Waals surface area contributed by atoms with E-state index in [1.165, 1.54) is 24.3 Å². The topological polar surface area (TPSA) is 21.7 Å². The highest BCUT2D eigenvalue weighted by atomic mass is 19.1. The third-order valence-corrected chi connectivity index (χ3v) is 16.7. The van der Waals surface area contributed by atoms with Crippen LogP contribution in [0.2, 0.25) is 0 Å². The molecule has 0 amide bonds. The molecule has 0 spiro atoms. The first-order chi connectivity index (χ1) is 41.6. The summed E-state index contributed by atoms with van der Waals surface area (Å²) in [6.45, 7) is 7.74. The molecule has 0 aromatic heterocycles. The van der Waals surface area contributed by atoms with Crippen molar-refractivity contribution < 1.29 is 27.0 Å². The van der Waals surface area contributed by atoms with Gasteiger partial charge in [-0.15, -0.1) is 0 Å². The highest BCUT2D eigenvalue weighted by Gasteiger charge is 2.50. The van der Waals surface area contributed by atoms with Crippen molar-refractivity contribution in [2.24, 2.45) is 0 Å². The number of hydrogen-bond acceptors (Lipinski definition) is 3. The van der Waals surface area contributed by atoms with Gasteiger partial charge in [0.15, 0.2) is 0 Å². The lowest BCUT2D eigenvalue weighted by molar-refractivity contribution is 0.481. The van der Waals surface area contributed by atoms with Crippen LogP contribution >= 0.6 is 0 Å². The molecule has 85 heavy (non-hydrogen) atoms. The zero-order valence-electron chi connectivity index (χ0n) is 45.8. The van der Waals surface area contributed by atoms with E-state index >= 15 is 17.6 Å². The number of anilines is 3. The average Bonchev–Trinajstić information content (AvgIpc) is 1.68. The molecule has 12 aromatic rings. The highest BCUT2D eigenvalue weighted by Crippen LogP contribution is 2.60. The fourth-order valence-corrected chi connectivity index (χ4v) is 12.9. The number of halogens is 4. The van der Waals surface area contributed by atoms with Gasteiger partial charge < -0.3 is 14.4 Å². The maximum absolute atomic E-state index is 17.3. The Morgan fingerprint density at radius 1 is 0.306 bits per heavy atom. The Balaban J connectivity index is 0.987. The Bertz CT molecular complexity index is 4290. The number of fused-ring (bicyclic) bond motifs is 6. The van der Waals surface area contributed by atoms with E-state index in [4.69, 9.17) is 9.47 Å². The van der Waals surface area contributed by atoms with Crippen LogP contribution in [-0.4, -0.2) is 0 Å². The summed E-state index contributed by atoms with van der Waals surface area (Å²) < 4.78 is 79.3. The zero-order chi connectivity index (χ0) is 57.8. The van der Waals surface area contributed by atoms with Crippen molar-refractivity contribution in [3.63, 3.8) is 0 Å². The van der Waals surface area contributed by atoms with Gasteiger partial charge in [-0.05, 0) is 199 Å². The fourth-order valence-electron chi connectivity index (χ4n) is 12.9. The SMILES string of the molecule is C=Cc1ccc(Oc2ccc(C3(c4cc(F)ccc4F)c4ccccc4-c4ccc(N(c5ccc(-c6ccccc6)cc5)c5ccc6c(c5)C(c5ccc(Oc7ccc(C=C)cc7)cc5)(c5cc(F)ccc5F)c5ccccc5-6)cc43)cc2)cc1. The van der Waals surface area contributed by atoms with Crippen LogP contribution in [0.1, 0.15) is 55.6 Å². The molecule has 12 aromatic carbocycles. The molecule has 3 nitrogen and oxygen atoms in total. The van der Waals surface area contributed by atoms with Crippen molar-refractivity contribution in [1.29, 1.82) is 0 Å². The van der Waals surface area contributed by atoms with Crippen molar-refractivity contribution in [3.8, 4) is 56.4 Å². The molecule has 0 radical (unpaired) electrons. The van der Waals surface area contributed by atoms with Crippen LogP contribution in [0.4, 0.5) is 34.6 Å². The summed E-state index contributed by atoms with van der Waals surface area (Å²) in [5, 5.41) is 0. The summed E-state index contributed by atoms with van der Waals surface area (Å²) in [6, 6.07) is 84.3. The molecule has 0 bridgehead atoms. The van der Waals surface area contributed by atoms with Crippen LogP contribution in [0.3, 0.4) is 0 Å². The van der Waals surface area contributed by atoms with E-state index < -0.39 is 34.1 Å². The second-order valence-corrected chi connectivity index (χ2v) is 21.3. The van der Waals surface area contributed by atoms with Crippen LogP contribution in [-0.2, 0) is 10.8 Å². The van der Waals surface area contributed by atoms with Gasteiger partial charge in [0.1, 0.15) is 46.3 Å². The minimum atomic E-state index is -1.39. The molecule has 7 heteroatoms. The second-order valence-electron chi connectivity index (χ2n) is 21.3. The van der Waals surface area contributed by atoms with Crippen LogP contribution in [0, 0.1) is 23.3 Å². The van der Waals surface area contributed by atoms with Gasteiger partial charge in [0.05, 0.1) is 10.8 Å². The Morgan fingerprint density at radius 3 is 1.09 bits per heavy atom. The van der Waals surface area contributed by atoms with Crippen LogP contribution in [0.5, 0.6) is 23.0 Å². The molecule has 2 aliphatic rings. The molecular weight excluding hydrogens is 1060 g/mol. The van der Waals surface area contributed by atoms with Crippen molar-refractivity contribution in [2.45, 2.75) is 10.8 Å². The third kappa shape index (κ3) is 8.82. The van der Waals surface area contributed by atoms with Gasteiger partial charge in [0.25, 0.3) is 0 Å². The van der Waals surface area contributed by atoms with Crippen molar-refractivity contribution in [2.75, 3.05) is 4.90 Å². The van der Waals surface area contributed by atoms with Gasteiger partial charge in [-0.2, -0.15) is 0 Å². The molecule has 2 aliphatic carbocycles. The van der Waals surface area contributed by atoms with E-state index in [0.29, 0.717) is 45.5 Å². The van der Waals surface area contributed by atoms with Gasteiger partial charge in [-0.3, -0.25) is 0 Å². The molecule has 2 atom stereocenters. The van der Waals surface area contributed by atoms with E-state index in [0.717, 1.165) is 84.6 Å². The van der Waals surface area contributed by atoms with Crippen LogP contribution in [0.15, 0.2) is 286 Å². The Labute approximate surface area is 491 Å². The monoisotopic (exact) mass is 1110 g/mol. The highest BCUT2D eigenvalue weighted by molar-refractivity contribution is 5.92. The second kappa shape index (κ2) is 21.2. The summed E-state index contributed by atoms with van der Waals surface area (Å²) in [7, 11) is 0. The van der Waals surface area contributed by atoms with Crippen molar-refractivity contribution in [3.05, 3.63) is 365 Å². The molecule has 0 fully saturated rings. The first-order valence-electron chi connectivity index (χ1n) is 28.0. The molecular formula is C78H51F4NO2. The van der Waals surface area contributed by atoms with Gasteiger partial charge in [-0.1, -0.05) is 177 Å². The van der Waals surface area contributed by atoms with E-state index in [-0.39, 0.29) is 11.1 Å². The number of nitrogens with zero attached hydrogens (tertiary/aromatic N) is 1. The first-order valence-corrected chi connectivity index (χ1v) is 28.0.